The van der Waals surface area contributed by atoms with Crippen molar-refractivity contribution in [1.29, 1.82) is 0 Å². The fraction of sp³-hybridized carbons (Fsp3) is 1.00. The topological polar surface area (TPSA) is 55.4 Å². The molecule has 1 N–H and O–H groups in total. The van der Waals surface area contributed by atoms with E-state index in [2.05, 4.69) is 4.72 Å². The summed E-state index contributed by atoms with van der Waals surface area (Å²) in [6.07, 6.45) is 7.15. The highest BCUT2D eigenvalue weighted by Crippen LogP contribution is 2.74. The monoisotopic (exact) mass is 363 g/mol. The zero-order valence-corrected chi connectivity index (χ0v) is 15.0. The van der Waals surface area contributed by atoms with Crippen LogP contribution in [0.15, 0.2) is 0 Å². The lowest BCUT2D eigenvalue weighted by Crippen LogP contribution is -2.52. The van der Waals surface area contributed by atoms with E-state index in [9.17, 15) is 17.2 Å². The standard InChI is InChI=1S/C17H27F2NO3S/c1-23-15-6-2-4-12(9-15)8-13(10-15)20-24(21,22)11-16-7-3-5-14(16)17(16,18)19/h12-14,20H,2-11H2,1H3/t12-,13-,14?,15+,16?/m1/s1. The molecule has 4 aliphatic rings. The molecule has 4 nitrogen and oxygen atoms in total. The maximum Gasteiger partial charge on any atom is 0.258 e. The quantitative estimate of drug-likeness (QED) is 0.817. The lowest BCUT2D eigenvalue weighted by Gasteiger charge is -2.47. The number of sulfonamides is 1. The van der Waals surface area contributed by atoms with Crippen LogP contribution >= 0.6 is 0 Å². The van der Waals surface area contributed by atoms with Crippen LogP contribution in [0.2, 0.25) is 0 Å². The molecule has 0 saturated heterocycles. The average molecular weight is 363 g/mol. The van der Waals surface area contributed by atoms with E-state index in [1.807, 2.05) is 0 Å². The summed E-state index contributed by atoms with van der Waals surface area (Å²) in [4.78, 5) is 0. The van der Waals surface area contributed by atoms with Gasteiger partial charge in [-0.2, -0.15) is 0 Å². The Balaban J connectivity index is 1.45. The number of fused-ring (bicyclic) bond motifs is 3. The molecule has 0 aromatic rings. The van der Waals surface area contributed by atoms with Crippen LogP contribution in [-0.4, -0.2) is 38.8 Å². The van der Waals surface area contributed by atoms with Crippen LogP contribution in [0.25, 0.3) is 0 Å². The number of nitrogens with one attached hydrogen (secondary N) is 1. The van der Waals surface area contributed by atoms with Crippen LogP contribution in [0, 0.1) is 17.3 Å². The summed E-state index contributed by atoms with van der Waals surface area (Å²) in [5.41, 5.74) is -1.52. The maximum absolute atomic E-state index is 14.0. The second-order valence-electron chi connectivity index (χ2n) is 8.59. The molecule has 138 valence electrons. The lowest BCUT2D eigenvalue weighted by molar-refractivity contribution is -0.0868. The predicted octanol–water partition coefficient (Wildman–Crippen LogP) is 3.08. The van der Waals surface area contributed by atoms with Gasteiger partial charge in [-0.1, -0.05) is 19.3 Å². The molecule has 0 radical (unpaired) electrons. The molecule has 0 aromatic heterocycles. The van der Waals surface area contributed by atoms with E-state index >= 15 is 0 Å². The molecular formula is C17H27F2NO3S. The number of ether oxygens (including phenoxy) is 1. The van der Waals surface area contributed by atoms with E-state index in [0.29, 0.717) is 31.6 Å². The van der Waals surface area contributed by atoms with Gasteiger partial charge in [0.25, 0.3) is 5.92 Å². The van der Waals surface area contributed by atoms with Crippen molar-refractivity contribution in [3.8, 4) is 0 Å². The van der Waals surface area contributed by atoms with Crippen LogP contribution in [0.1, 0.15) is 57.8 Å². The Morgan fingerprint density at radius 3 is 2.58 bits per heavy atom. The number of hydrogen-bond acceptors (Lipinski definition) is 3. The molecule has 0 spiro atoms. The highest BCUT2D eigenvalue weighted by molar-refractivity contribution is 7.89. The SMILES string of the molecule is CO[C@]12CCC[C@H](C[C@@H](NS(=O)(=O)CC34CCCC3C4(F)F)C1)C2. The minimum absolute atomic E-state index is 0.183. The highest BCUT2D eigenvalue weighted by atomic mass is 32.2. The summed E-state index contributed by atoms with van der Waals surface area (Å²) in [6.45, 7) is 0. The zero-order chi connectivity index (χ0) is 17.2. The molecule has 0 aliphatic heterocycles. The van der Waals surface area contributed by atoms with Gasteiger partial charge < -0.3 is 4.74 Å². The molecule has 24 heavy (non-hydrogen) atoms. The van der Waals surface area contributed by atoms with Gasteiger partial charge in [0.2, 0.25) is 10.0 Å². The Bertz CT molecular complexity index is 625. The van der Waals surface area contributed by atoms with Gasteiger partial charge in [0.15, 0.2) is 0 Å². The minimum Gasteiger partial charge on any atom is -0.378 e. The lowest BCUT2D eigenvalue weighted by atomic mass is 9.67. The summed E-state index contributed by atoms with van der Waals surface area (Å²) in [5.74, 6) is -3.46. The maximum atomic E-state index is 14.0. The van der Waals surface area contributed by atoms with Gasteiger partial charge in [0.05, 0.1) is 16.8 Å². The van der Waals surface area contributed by atoms with Crippen molar-refractivity contribution < 1.29 is 21.9 Å². The molecule has 0 heterocycles. The minimum atomic E-state index is -3.70. The van der Waals surface area contributed by atoms with Crippen LogP contribution in [0.4, 0.5) is 8.78 Å². The number of methoxy groups -OCH3 is 1. The van der Waals surface area contributed by atoms with E-state index in [0.717, 1.165) is 32.1 Å². The molecule has 4 fully saturated rings. The Labute approximate surface area is 142 Å². The predicted molar refractivity (Wildman–Crippen MR) is 86.4 cm³/mol. The molecule has 7 heteroatoms. The second kappa shape index (κ2) is 5.36. The fourth-order valence-corrected chi connectivity index (χ4v) is 8.02. The summed E-state index contributed by atoms with van der Waals surface area (Å²) in [5, 5.41) is 0. The van der Waals surface area contributed by atoms with Crippen LogP contribution in [-0.2, 0) is 14.8 Å². The summed E-state index contributed by atoms with van der Waals surface area (Å²) in [6, 6.07) is -0.183. The second-order valence-corrected chi connectivity index (χ2v) is 10.3. The number of halogens is 2. The number of alkyl halides is 2. The third kappa shape index (κ3) is 2.53. The van der Waals surface area contributed by atoms with Crippen molar-refractivity contribution in [3.05, 3.63) is 0 Å². The number of rotatable bonds is 5. The van der Waals surface area contributed by atoms with E-state index in [-0.39, 0.29) is 11.6 Å². The van der Waals surface area contributed by atoms with E-state index < -0.39 is 33.0 Å². The third-order valence-electron chi connectivity index (χ3n) is 7.17. The van der Waals surface area contributed by atoms with Gasteiger partial charge in [0.1, 0.15) is 0 Å². The first-order valence-electron chi connectivity index (χ1n) is 9.15. The highest BCUT2D eigenvalue weighted by Gasteiger charge is 2.82. The first kappa shape index (κ1) is 17.2. The average Bonchev–Trinajstić information content (AvgIpc) is 2.81. The van der Waals surface area contributed by atoms with Crippen molar-refractivity contribution >= 4 is 10.0 Å². The number of hydrogen-bond donors (Lipinski definition) is 1. The molecule has 0 aromatic carbocycles. The smallest absolute Gasteiger partial charge is 0.258 e. The third-order valence-corrected chi connectivity index (χ3v) is 8.76. The van der Waals surface area contributed by atoms with E-state index in [1.54, 1.807) is 7.11 Å². The summed E-state index contributed by atoms with van der Waals surface area (Å²) < 4.78 is 61.7. The van der Waals surface area contributed by atoms with Gasteiger partial charge in [-0.05, 0) is 44.4 Å². The molecule has 2 unspecified atom stereocenters. The molecule has 4 rings (SSSR count). The molecular weight excluding hydrogens is 336 g/mol. The van der Waals surface area contributed by atoms with Crippen LogP contribution < -0.4 is 4.72 Å². The fourth-order valence-electron chi connectivity index (χ4n) is 6.04. The molecule has 4 aliphatic carbocycles. The van der Waals surface area contributed by atoms with Crippen LogP contribution in [0.5, 0.6) is 0 Å². The zero-order valence-electron chi connectivity index (χ0n) is 14.2. The summed E-state index contributed by atoms with van der Waals surface area (Å²) >= 11 is 0. The van der Waals surface area contributed by atoms with Crippen molar-refractivity contribution in [3.63, 3.8) is 0 Å². The first-order chi connectivity index (χ1) is 11.2. The Morgan fingerprint density at radius 1 is 1.17 bits per heavy atom. The van der Waals surface area contributed by atoms with Gasteiger partial charge in [-0.15, -0.1) is 0 Å². The first-order valence-corrected chi connectivity index (χ1v) is 10.8. The van der Waals surface area contributed by atoms with E-state index in [1.165, 1.54) is 0 Å². The largest absolute Gasteiger partial charge is 0.378 e. The Morgan fingerprint density at radius 2 is 1.92 bits per heavy atom. The Kier molecular flexibility index (Phi) is 3.84. The van der Waals surface area contributed by atoms with Gasteiger partial charge in [-0.25, -0.2) is 21.9 Å². The normalized spacial score (nSPS) is 46.5. The van der Waals surface area contributed by atoms with Crippen molar-refractivity contribution in [2.24, 2.45) is 17.3 Å². The van der Waals surface area contributed by atoms with E-state index in [4.69, 9.17) is 4.74 Å². The van der Waals surface area contributed by atoms with Crippen molar-refractivity contribution in [2.45, 2.75) is 75.4 Å². The molecule has 5 atom stereocenters. The Hall–Kier alpha value is -0.270. The molecule has 2 bridgehead atoms. The van der Waals surface area contributed by atoms with Gasteiger partial charge >= 0.3 is 0 Å². The van der Waals surface area contributed by atoms with Gasteiger partial charge in [-0.3, -0.25) is 0 Å². The molecule has 0 amide bonds. The van der Waals surface area contributed by atoms with Gasteiger partial charge in [0, 0.05) is 19.1 Å². The van der Waals surface area contributed by atoms with Crippen molar-refractivity contribution in [1.82, 2.24) is 4.72 Å². The summed E-state index contributed by atoms with van der Waals surface area (Å²) in [7, 11) is -2.00. The van der Waals surface area contributed by atoms with Crippen LogP contribution in [0.3, 0.4) is 0 Å². The van der Waals surface area contributed by atoms with Crippen molar-refractivity contribution in [2.75, 3.05) is 12.9 Å². The molecule has 4 saturated carbocycles.